The standard InChI is InChI=1S/C24H26N2O2/c27-22-20-13-5-4-12-19(20)21(23(28)25-16-8-9-17-25)24(14-6-7-15-24)26(22)18-10-2-1-3-11-18/h1-5,10-13,21H,6-9,14-17H2/t21-/m0/s1. The lowest BCUT2D eigenvalue weighted by Crippen LogP contribution is -2.61. The Balaban J connectivity index is 1.72. The summed E-state index contributed by atoms with van der Waals surface area (Å²) in [5.74, 6) is -0.0309. The molecule has 1 atom stereocenters. The fourth-order valence-electron chi connectivity index (χ4n) is 5.62. The van der Waals surface area contributed by atoms with Gasteiger partial charge in [0.2, 0.25) is 5.91 Å². The van der Waals surface area contributed by atoms with Gasteiger partial charge in [-0.1, -0.05) is 49.2 Å². The van der Waals surface area contributed by atoms with Gasteiger partial charge in [-0.15, -0.1) is 0 Å². The van der Waals surface area contributed by atoms with E-state index in [0.29, 0.717) is 5.56 Å². The minimum atomic E-state index is -0.452. The molecule has 4 heteroatoms. The number of nitrogens with zero attached hydrogens (tertiary/aromatic N) is 2. The second-order valence-corrected chi connectivity index (χ2v) is 8.34. The van der Waals surface area contributed by atoms with Crippen LogP contribution >= 0.6 is 0 Å². The number of anilines is 1. The van der Waals surface area contributed by atoms with Crippen LogP contribution < -0.4 is 4.90 Å². The first kappa shape index (κ1) is 17.5. The maximum Gasteiger partial charge on any atom is 0.259 e. The molecule has 1 aliphatic carbocycles. The van der Waals surface area contributed by atoms with E-state index in [4.69, 9.17) is 0 Å². The fourth-order valence-corrected chi connectivity index (χ4v) is 5.62. The summed E-state index contributed by atoms with van der Waals surface area (Å²) >= 11 is 0. The highest BCUT2D eigenvalue weighted by atomic mass is 16.2. The van der Waals surface area contributed by atoms with Crippen LogP contribution in [0.3, 0.4) is 0 Å². The van der Waals surface area contributed by atoms with Crippen molar-refractivity contribution < 1.29 is 9.59 Å². The highest BCUT2D eigenvalue weighted by Gasteiger charge is 2.56. The van der Waals surface area contributed by atoms with E-state index in [0.717, 1.165) is 62.9 Å². The SMILES string of the molecule is O=C([C@@H]1c2ccccc2C(=O)N(c2ccccc2)C12CCCC2)N1CCCC1. The van der Waals surface area contributed by atoms with E-state index < -0.39 is 5.54 Å². The molecule has 0 aromatic heterocycles. The number of para-hydroxylation sites is 1. The summed E-state index contributed by atoms with van der Waals surface area (Å²) in [6.45, 7) is 1.68. The molecule has 2 aliphatic heterocycles. The normalized spacial score (nSPS) is 23.3. The molecule has 0 N–H and O–H groups in total. The average molecular weight is 374 g/mol. The maximum absolute atomic E-state index is 13.8. The Morgan fingerprint density at radius 1 is 0.857 bits per heavy atom. The third-order valence-electron chi connectivity index (χ3n) is 6.84. The lowest BCUT2D eigenvalue weighted by molar-refractivity contribution is -0.133. The number of likely N-dealkylation sites (tertiary alicyclic amines) is 1. The second-order valence-electron chi connectivity index (χ2n) is 8.34. The zero-order valence-electron chi connectivity index (χ0n) is 16.1. The van der Waals surface area contributed by atoms with Gasteiger partial charge >= 0.3 is 0 Å². The third-order valence-corrected chi connectivity index (χ3v) is 6.84. The van der Waals surface area contributed by atoms with Crippen molar-refractivity contribution in [2.75, 3.05) is 18.0 Å². The molecule has 5 rings (SSSR count). The van der Waals surface area contributed by atoms with Crippen molar-refractivity contribution in [2.45, 2.75) is 50.0 Å². The predicted molar refractivity (Wildman–Crippen MR) is 109 cm³/mol. The molecule has 2 heterocycles. The van der Waals surface area contributed by atoms with Crippen molar-refractivity contribution in [1.82, 2.24) is 4.90 Å². The van der Waals surface area contributed by atoms with Gasteiger partial charge in [0.25, 0.3) is 5.91 Å². The summed E-state index contributed by atoms with van der Waals surface area (Å²) in [6, 6.07) is 17.7. The molecule has 144 valence electrons. The fraction of sp³-hybridized carbons (Fsp3) is 0.417. The van der Waals surface area contributed by atoms with Crippen LogP contribution in [-0.2, 0) is 4.79 Å². The van der Waals surface area contributed by atoms with E-state index in [-0.39, 0.29) is 17.7 Å². The monoisotopic (exact) mass is 374 g/mol. The van der Waals surface area contributed by atoms with Crippen LogP contribution in [0.4, 0.5) is 5.69 Å². The van der Waals surface area contributed by atoms with Gasteiger partial charge < -0.3 is 9.80 Å². The Morgan fingerprint density at radius 2 is 1.50 bits per heavy atom. The van der Waals surface area contributed by atoms with Crippen LogP contribution in [0.25, 0.3) is 0 Å². The van der Waals surface area contributed by atoms with Crippen LogP contribution in [0.5, 0.6) is 0 Å². The smallest absolute Gasteiger partial charge is 0.259 e. The summed E-state index contributed by atoms with van der Waals surface area (Å²) in [4.78, 5) is 31.5. The average Bonchev–Trinajstić information content (AvgIpc) is 3.42. The van der Waals surface area contributed by atoms with Gasteiger partial charge in [0.15, 0.2) is 0 Å². The van der Waals surface area contributed by atoms with Gasteiger partial charge in [-0.05, 0) is 49.4 Å². The van der Waals surface area contributed by atoms with Crippen molar-refractivity contribution in [3.05, 3.63) is 65.7 Å². The number of benzene rings is 2. The number of hydrogen-bond acceptors (Lipinski definition) is 2. The number of hydrogen-bond donors (Lipinski definition) is 0. The molecular formula is C24H26N2O2. The summed E-state index contributed by atoms with van der Waals surface area (Å²) in [7, 11) is 0. The number of fused-ring (bicyclic) bond motifs is 1. The van der Waals surface area contributed by atoms with E-state index in [2.05, 4.69) is 0 Å². The van der Waals surface area contributed by atoms with E-state index in [9.17, 15) is 9.59 Å². The van der Waals surface area contributed by atoms with Crippen molar-refractivity contribution >= 4 is 17.5 Å². The van der Waals surface area contributed by atoms with Crippen molar-refractivity contribution in [2.24, 2.45) is 0 Å². The highest BCUT2D eigenvalue weighted by Crippen LogP contribution is 2.52. The molecular weight excluding hydrogens is 348 g/mol. The Morgan fingerprint density at radius 3 is 2.21 bits per heavy atom. The summed E-state index contributed by atoms with van der Waals surface area (Å²) in [6.07, 6.45) is 6.03. The second kappa shape index (κ2) is 6.77. The lowest BCUT2D eigenvalue weighted by atomic mass is 9.70. The van der Waals surface area contributed by atoms with Crippen LogP contribution in [0.15, 0.2) is 54.6 Å². The van der Waals surface area contributed by atoms with E-state index >= 15 is 0 Å². The van der Waals surface area contributed by atoms with Crippen LogP contribution in [0.1, 0.15) is 60.4 Å². The third kappa shape index (κ3) is 2.50. The molecule has 1 spiro atoms. The molecule has 2 aromatic carbocycles. The number of carbonyl (C=O) groups excluding carboxylic acids is 2. The van der Waals surface area contributed by atoms with Crippen molar-refractivity contribution in [1.29, 1.82) is 0 Å². The first-order valence-electron chi connectivity index (χ1n) is 10.5. The maximum atomic E-state index is 13.8. The molecule has 2 aromatic rings. The summed E-state index contributed by atoms with van der Waals surface area (Å²) < 4.78 is 0. The summed E-state index contributed by atoms with van der Waals surface area (Å²) in [5.41, 5.74) is 2.06. The summed E-state index contributed by atoms with van der Waals surface area (Å²) in [5, 5.41) is 0. The molecule has 1 saturated carbocycles. The topological polar surface area (TPSA) is 40.6 Å². The Hall–Kier alpha value is -2.62. The number of carbonyl (C=O) groups is 2. The van der Waals surface area contributed by atoms with Crippen LogP contribution in [0, 0.1) is 0 Å². The van der Waals surface area contributed by atoms with Crippen molar-refractivity contribution in [3.8, 4) is 0 Å². The Labute approximate surface area is 166 Å². The first-order chi connectivity index (χ1) is 13.7. The Bertz CT molecular complexity index is 896. The largest absolute Gasteiger partial charge is 0.342 e. The molecule has 28 heavy (non-hydrogen) atoms. The predicted octanol–water partition coefficient (Wildman–Crippen LogP) is 4.37. The van der Waals surface area contributed by atoms with E-state index in [1.54, 1.807) is 0 Å². The zero-order valence-corrected chi connectivity index (χ0v) is 16.1. The van der Waals surface area contributed by atoms with Crippen molar-refractivity contribution in [3.63, 3.8) is 0 Å². The number of rotatable bonds is 2. The molecule has 2 amide bonds. The van der Waals surface area contributed by atoms with Crippen LogP contribution in [0.2, 0.25) is 0 Å². The molecule has 4 nitrogen and oxygen atoms in total. The van der Waals surface area contributed by atoms with E-state index in [1.165, 1.54) is 0 Å². The van der Waals surface area contributed by atoms with Gasteiger partial charge in [0.1, 0.15) is 0 Å². The lowest BCUT2D eigenvalue weighted by Gasteiger charge is -2.50. The van der Waals surface area contributed by atoms with Crippen LogP contribution in [-0.4, -0.2) is 35.3 Å². The van der Waals surface area contributed by atoms with Gasteiger partial charge in [0.05, 0.1) is 11.5 Å². The Kier molecular flexibility index (Phi) is 4.22. The molecule has 1 saturated heterocycles. The van der Waals surface area contributed by atoms with Gasteiger partial charge in [-0.2, -0.15) is 0 Å². The zero-order chi connectivity index (χ0) is 19.1. The van der Waals surface area contributed by atoms with Gasteiger partial charge in [-0.25, -0.2) is 0 Å². The molecule has 2 fully saturated rings. The minimum absolute atomic E-state index is 0.0363. The number of amides is 2. The minimum Gasteiger partial charge on any atom is -0.342 e. The molecule has 3 aliphatic rings. The first-order valence-corrected chi connectivity index (χ1v) is 10.5. The van der Waals surface area contributed by atoms with Gasteiger partial charge in [0, 0.05) is 24.3 Å². The highest BCUT2D eigenvalue weighted by molar-refractivity contribution is 6.12. The molecule has 0 unspecified atom stereocenters. The van der Waals surface area contributed by atoms with E-state index in [1.807, 2.05) is 64.4 Å². The molecule has 0 radical (unpaired) electrons. The quantitative estimate of drug-likeness (QED) is 0.783. The molecule has 0 bridgehead atoms. The van der Waals surface area contributed by atoms with Gasteiger partial charge in [-0.3, -0.25) is 9.59 Å².